The number of carbonyl (C=O) groups is 1. The lowest BCUT2D eigenvalue weighted by Gasteiger charge is -2.13. The van der Waals surface area contributed by atoms with Crippen molar-refractivity contribution in [1.82, 2.24) is 14.8 Å². The Kier molecular flexibility index (Phi) is 6.11. The van der Waals surface area contributed by atoms with Gasteiger partial charge < -0.3 is 5.32 Å². The largest absolute Gasteiger partial charge is 0.319 e. The molecule has 1 N–H and O–H groups in total. The lowest BCUT2D eigenvalue weighted by Crippen LogP contribution is -2.15. The summed E-state index contributed by atoms with van der Waals surface area (Å²) in [6, 6.07) is 14.0. The Morgan fingerprint density at radius 1 is 1.12 bits per heavy atom. The molecule has 0 aliphatic heterocycles. The molecule has 2 heterocycles. The third kappa shape index (κ3) is 4.43. The molecule has 0 atom stereocenters. The normalized spacial score (nSPS) is 11.3. The van der Waals surface area contributed by atoms with Crippen LogP contribution in [0, 0.1) is 19.7 Å². The van der Waals surface area contributed by atoms with Gasteiger partial charge in [-0.1, -0.05) is 41.9 Å². The minimum absolute atomic E-state index is 0.191. The summed E-state index contributed by atoms with van der Waals surface area (Å²) in [7, 11) is 0. The van der Waals surface area contributed by atoms with Crippen LogP contribution in [0.25, 0.3) is 10.9 Å². The summed E-state index contributed by atoms with van der Waals surface area (Å²) in [6.45, 7) is 8.39. The molecule has 0 radical (unpaired) electrons. The summed E-state index contributed by atoms with van der Waals surface area (Å²) in [5.41, 5.74) is 5.40. The molecule has 0 spiro atoms. The molecule has 0 saturated heterocycles. The number of aryl methyl sites for hydroxylation is 1. The van der Waals surface area contributed by atoms with Crippen molar-refractivity contribution in [3.8, 4) is 0 Å². The number of anilines is 1. The first kappa shape index (κ1) is 22.1. The number of rotatable bonds is 5. The van der Waals surface area contributed by atoms with Crippen LogP contribution in [0.2, 0.25) is 0 Å². The van der Waals surface area contributed by atoms with Gasteiger partial charge in [-0.25, -0.2) is 4.39 Å². The van der Waals surface area contributed by atoms with Gasteiger partial charge in [0.15, 0.2) is 0 Å². The van der Waals surface area contributed by atoms with E-state index in [2.05, 4.69) is 40.2 Å². The second kappa shape index (κ2) is 8.82. The number of hydrogen-bond donors (Lipinski definition) is 1. The minimum Gasteiger partial charge on any atom is -0.319 e. The number of halogens is 2. The quantitative estimate of drug-likeness (QED) is 0.350. The molecule has 5 nitrogen and oxygen atoms in total. The average Bonchev–Trinajstić information content (AvgIpc) is 3.01. The third-order valence-corrected chi connectivity index (χ3v) is 5.99. The number of aromatic nitrogens is 3. The SMILES string of the molecule is Cc1nn(Cc2ccc(F)cc2)c(C)c1NC(=O)c1cc(C(C)C)nc2ccc(Br)cc12. The van der Waals surface area contributed by atoms with Crippen LogP contribution in [-0.4, -0.2) is 20.7 Å². The Balaban J connectivity index is 1.68. The van der Waals surface area contributed by atoms with Crippen LogP contribution >= 0.6 is 15.9 Å². The molecule has 0 aliphatic carbocycles. The molecule has 4 rings (SSSR count). The van der Waals surface area contributed by atoms with Crippen LogP contribution in [0.4, 0.5) is 10.1 Å². The number of nitrogens with one attached hydrogen (secondary N) is 1. The number of nitrogens with zero attached hydrogens (tertiary/aromatic N) is 3. The van der Waals surface area contributed by atoms with Crippen molar-refractivity contribution in [2.45, 2.75) is 40.2 Å². The van der Waals surface area contributed by atoms with Crippen LogP contribution < -0.4 is 5.32 Å². The van der Waals surface area contributed by atoms with Gasteiger partial charge in [0.05, 0.1) is 34.7 Å². The van der Waals surface area contributed by atoms with Crippen molar-refractivity contribution < 1.29 is 9.18 Å². The Morgan fingerprint density at radius 3 is 2.53 bits per heavy atom. The van der Waals surface area contributed by atoms with E-state index in [9.17, 15) is 9.18 Å². The van der Waals surface area contributed by atoms with E-state index < -0.39 is 0 Å². The molecule has 32 heavy (non-hydrogen) atoms. The van der Waals surface area contributed by atoms with Gasteiger partial charge in [0.25, 0.3) is 5.91 Å². The highest BCUT2D eigenvalue weighted by Gasteiger charge is 2.19. The third-order valence-electron chi connectivity index (χ3n) is 5.49. The molecule has 1 amide bonds. The Bertz CT molecular complexity index is 1310. The van der Waals surface area contributed by atoms with Crippen molar-refractivity contribution in [1.29, 1.82) is 0 Å². The Labute approximate surface area is 194 Å². The van der Waals surface area contributed by atoms with E-state index in [0.717, 1.165) is 38.0 Å². The van der Waals surface area contributed by atoms with E-state index in [-0.39, 0.29) is 17.6 Å². The van der Waals surface area contributed by atoms with Crippen molar-refractivity contribution >= 4 is 38.4 Å². The highest BCUT2D eigenvalue weighted by Crippen LogP contribution is 2.28. The lowest BCUT2D eigenvalue weighted by molar-refractivity contribution is 0.102. The molecule has 0 fully saturated rings. The predicted octanol–water partition coefficient (Wildman–Crippen LogP) is 6.37. The van der Waals surface area contributed by atoms with E-state index in [1.54, 1.807) is 12.1 Å². The molecule has 7 heteroatoms. The summed E-state index contributed by atoms with van der Waals surface area (Å²) in [5, 5.41) is 8.43. The zero-order valence-electron chi connectivity index (χ0n) is 18.4. The van der Waals surface area contributed by atoms with Gasteiger partial charge in [0, 0.05) is 15.6 Å². The van der Waals surface area contributed by atoms with Crippen LogP contribution in [0.5, 0.6) is 0 Å². The van der Waals surface area contributed by atoms with Crippen molar-refractivity contribution in [2.75, 3.05) is 5.32 Å². The fraction of sp³-hybridized carbons (Fsp3) is 0.240. The van der Waals surface area contributed by atoms with Crippen LogP contribution in [0.3, 0.4) is 0 Å². The van der Waals surface area contributed by atoms with Crippen molar-refractivity contribution in [3.63, 3.8) is 0 Å². The molecule has 164 valence electrons. The minimum atomic E-state index is -0.271. The van der Waals surface area contributed by atoms with Gasteiger partial charge in [-0.15, -0.1) is 0 Å². The highest BCUT2D eigenvalue weighted by molar-refractivity contribution is 9.10. The first-order valence-corrected chi connectivity index (χ1v) is 11.2. The zero-order chi connectivity index (χ0) is 23.0. The number of fused-ring (bicyclic) bond motifs is 1. The monoisotopic (exact) mass is 494 g/mol. The smallest absolute Gasteiger partial charge is 0.256 e. The molecular weight excluding hydrogens is 471 g/mol. The molecule has 4 aromatic rings. The number of hydrogen-bond acceptors (Lipinski definition) is 3. The highest BCUT2D eigenvalue weighted by atomic mass is 79.9. The van der Waals surface area contributed by atoms with Crippen LogP contribution in [0.1, 0.15) is 52.8 Å². The molecule has 2 aromatic heterocycles. The van der Waals surface area contributed by atoms with Gasteiger partial charge in [-0.3, -0.25) is 14.5 Å². The standard InChI is InChI=1S/C25H24BrFN4O/c1-14(2)23-12-21(20-11-18(26)7-10-22(20)28-23)25(32)29-24-15(3)30-31(16(24)4)13-17-5-8-19(27)9-6-17/h5-12,14H,13H2,1-4H3,(H,29,32). The average molecular weight is 495 g/mol. The molecule has 0 aliphatic rings. The summed E-state index contributed by atoms with van der Waals surface area (Å²) in [4.78, 5) is 18.1. The van der Waals surface area contributed by atoms with Gasteiger partial charge in [0.1, 0.15) is 5.82 Å². The molecule has 2 aromatic carbocycles. The number of amides is 1. The molecule has 0 bridgehead atoms. The van der Waals surface area contributed by atoms with Gasteiger partial charge >= 0.3 is 0 Å². The second-order valence-electron chi connectivity index (χ2n) is 8.19. The van der Waals surface area contributed by atoms with Gasteiger partial charge in [-0.05, 0) is 61.7 Å². The first-order chi connectivity index (χ1) is 15.2. The summed E-state index contributed by atoms with van der Waals surface area (Å²) in [6.07, 6.45) is 0. The maximum Gasteiger partial charge on any atom is 0.256 e. The zero-order valence-corrected chi connectivity index (χ0v) is 20.0. The van der Waals surface area contributed by atoms with E-state index >= 15 is 0 Å². The van der Waals surface area contributed by atoms with E-state index in [0.29, 0.717) is 17.8 Å². The van der Waals surface area contributed by atoms with E-state index in [4.69, 9.17) is 4.98 Å². The topological polar surface area (TPSA) is 59.8 Å². The van der Waals surface area contributed by atoms with Crippen LogP contribution in [0.15, 0.2) is 53.0 Å². The second-order valence-corrected chi connectivity index (χ2v) is 9.11. The summed E-state index contributed by atoms with van der Waals surface area (Å²) >= 11 is 3.50. The summed E-state index contributed by atoms with van der Waals surface area (Å²) in [5.74, 6) is -0.284. The van der Waals surface area contributed by atoms with Crippen molar-refractivity contribution in [2.24, 2.45) is 0 Å². The molecule has 0 unspecified atom stereocenters. The Hall–Kier alpha value is -3.06. The maximum atomic E-state index is 13.4. The van der Waals surface area contributed by atoms with E-state index in [1.165, 1.54) is 12.1 Å². The summed E-state index contributed by atoms with van der Waals surface area (Å²) < 4.78 is 15.9. The lowest BCUT2D eigenvalue weighted by atomic mass is 10.0. The molecular formula is C25H24BrFN4O. The predicted molar refractivity (Wildman–Crippen MR) is 129 cm³/mol. The van der Waals surface area contributed by atoms with Crippen molar-refractivity contribution in [3.05, 3.63) is 87.0 Å². The maximum absolute atomic E-state index is 13.4. The molecule has 0 saturated carbocycles. The Morgan fingerprint density at radius 2 is 1.84 bits per heavy atom. The van der Waals surface area contributed by atoms with E-state index in [1.807, 2.05) is 42.8 Å². The number of pyridine rings is 1. The fourth-order valence-corrected chi connectivity index (χ4v) is 4.04. The number of carbonyl (C=O) groups excluding carboxylic acids is 1. The number of benzene rings is 2. The first-order valence-electron chi connectivity index (χ1n) is 10.4. The van der Waals surface area contributed by atoms with Gasteiger partial charge in [0.2, 0.25) is 0 Å². The fourth-order valence-electron chi connectivity index (χ4n) is 3.68. The van der Waals surface area contributed by atoms with Crippen LogP contribution in [-0.2, 0) is 6.54 Å². The van der Waals surface area contributed by atoms with Gasteiger partial charge in [-0.2, -0.15) is 5.10 Å².